The summed E-state index contributed by atoms with van der Waals surface area (Å²) >= 11 is 0. The second-order valence-corrected chi connectivity index (χ2v) is 4.63. The first-order valence-electron chi connectivity index (χ1n) is 7.03. The number of carbonyl (C=O) groups excluding carboxylic acids is 1. The maximum absolute atomic E-state index is 13.8. The lowest BCUT2D eigenvalue weighted by molar-refractivity contribution is -0.129. The van der Waals surface area contributed by atoms with E-state index in [0.717, 1.165) is 5.56 Å². The molecule has 0 aromatic heterocycles. The van der Waals surface area contributed by atoms with Crippen LogP contribution in [0.15, 0.2) is 60.7 Å². The Hall–Kier alpha value is -2.66. The highest BCUT2D eigenvalue weighted by Gasteiger charge is 2.14. The topological polar surface area (TPSA) is 44.8 Å². The molecule has 23 heavy (non-hydrogen) atoms. The molecule has 0 unspecified atom stereocenters. The van der Waals surface area contributed by atoms with Crippen molar-refractivity contribution in [1.29, 1.82) is 0 Å². The van der Waals surface area contributed by atoms with Gasteiger partial charge in [-0.2, -0.15) is 0 Å². The van der Waals surface area contributed by atoms with Crippen LogP contribution in [0.2, 0.25) is 0 Å². The number of para-hydroxylation sites is 1. The monoisotopic (exact) mass is 316 g/mol. The van der Waals surface area contributed by atoms with E-state index in [2.05, 4.69) is 0 Å². The lowest BCUT2D eigenvalue weighted by Crippen LogP contribution is -2.08. The quantitative estimate of drug-likeness (QED) is 0.339. The van der Waals surface area contributed by atoms with Gasteiger partial charge in [0.1, 0.15) is 0 Å². The van der Waals surface area contributed by atoms with Crippen molar-refractivity contribution in [2.24, 2.45) is 0 Å². The number of halogens is 1. The van der Waals surface area contributed by atoms with E-state index in [0.29, 0.717) is 6.42 Å². The van der Waals surface area contributed by atoms with E-state index in [9.17, 15) is 9.18 Å². The average Bonchev–Trinajstić information content (AvgIpc) is 2.56. The van der Waals surface area contributed by atoms with E-state index in [1.807, 2.05) is 30.3 Å². The molecular formula is C18H17FO4. The Bertz CT molecular complexity index is 668. The molecule has 0 aliphatic carbocycles. The molecular weight excluding hydrogens is 299 g/mol. The zero-order valence-electron chi connectivity index (χ0n) is 12.7. The fraction of sp³-hybridized carbons (Fsp3) is 0.167. The molecule has 0 heterocycles. The molecule has 0 bridgehead atoms. The van der Waals surface area contributed by atoms with Crippen molar-refractivity contribution in [2.75, 3.05) is 13.9 Å². The number of allylic oxidation sites excluding steroid dienone is 1. The number of hydrogen-bond donors (Lipinski definition) is 0. The number of benzene rings is 2. The third-order valence-corrected chi connectivity index (χ3v) is 2.92. The highest BCUT2D eigenvalue weighted by atomic mass is 19.1. The van der Waals surface area contributed by atoms with Gasteiger partial charge >= 0.3 is 5.97 Å². The molecule has 0 saturated heterocycles. The maximum atomic E-state index is 13.8. The molecule has 2 rings (SSSR count). The smallest absolute Gasteiger partial charge is 0.336 e. The molecule has 2 aromatic carbocycles. The normalized spacial score (nSPS) is 10.7. The van der Waals surface area contributed by atoms with Gasteiger partial charge in [0.15, 0.2) is 18.4 Å². The Labute approximate surface area is 134 Å². The number of rotatable bonds is 7. The first kappa shape index (κ1) is 16.7. The van der Waals surface area contributed by atoms with Crippen LogP contribution in [0, 0.1) is 5.82 Å². The van der Waals surface area contributed by atoms with Crippen molar-refractivity contribution in [2.45, 2.75) is 6.42 Å². The van der Waals surface area contributed by atoms with E-state index in [1.165, 1.54) is 31.4 Å². The van der Waals surface area contributed by atoms with Crippen molar-refractivity contribution < 1.29 is 23.4 Å². The van der Waals surface area contributed by atoms with Gasteiger partial charge in [-0.1, -0.05) is 42.5 Å². The molecule has 0 aliphatic heterocycles. The predicted molar refractivity (Wildman–Crippen MR) is 83.8 cm³/mol. The van der Waals surface area contributed by atoms with Crippen molar-refractivity contribution in [3.63, 3.8) is 0 Å². The van der Waals surface area contributed by atoms with Crippen molar-refractivity contribution in [1.82, 2.24) is 0 Å². The average molecular weight is 316 g/mol. The summed E-state index contributed by atoms with van der Waals surface area (Å²) in [5.41, 5.74) is 1.06. The van der Waals surface area contributed by atoms with Crippen LogP contribution in [0.3, 0.4) is 0 Å². The summed E-state index contributed by atoms with van der Waals surface area (Å²) in [5.74, 6) is -1.49. The Balaban J connectivity index is 1.99. The van der Waals surface area contributed by atoms with Crippen LogP contribution in [0.25, 0.3) is 0 Å². The van der Waals surface area contributed by atoms with E-state index >= 15 is 0 Å². The Kier molecular flexibility index (Phi) is 6.32. The minimum Gasteiger partial charge on any atom is -0.464 e. The summed E-state index contributed by atoms with van der Waals surface area (Å²) in [4.78, 5) is 11.8. The SMILES string of the molecule is COCOc1cccc(F)c1OC(=O)C=CCc1ccccc1. The minimum absolute atomic E-state index is 0.0716. The number of carbonyl (C=O) groups is 1. The van der Waals surface area contributed by atoms with Crippen molar-refractivity contribution in [3.05, 3.63) is 72.1 Å². The summed E-state index contributed by atoms with van der Waals surface area (Å²) in [6, 6.07) is 13.8. The number of hydrogen-bond acceptors (Lipinski definition) is 4. The minimum atomic E-state index is -0.677. The molecule has 0 aliphatic rings. The maximum Gasteiger partial charge on any atom is 0.336 e. The van der Waals surface area contributed by atoms with Gasteiger partial charge in [0.05, 0.1) is 0 Å². The Morgan fingerprint density at radius 1 is 1.13 bits per heavy atom. The summed E-state index contributed by atoms with van der Waals surface area (Å²) < 4.78 is 28.8. The molecule has 2 aromatic rings. The highest BCUT2D eigenvalue weighted by Crippen LogP contribution is 2.30. The van der Waals surface area contributed by atoms with Gasteiger partial charge in [-0.05, 0) is 24.1 Å². The van der Waals surface area contributed by atoms with Crippen LogP contribution < -0.4 is 9.47 Å². The van der Waals surface area contributed by atoms with E-state index < -0.39 is 11.8 Å². The fourth-order valence-electron chi connectivity index (χ4n) is 1.86. The number of esters is 1. The van der Waals surface area contributed by atoms with E-state index in [1.54, 1.807) is 6.08 Å². The molecule has 0 atom stereocenters. The first-order chi connectivity index (χ1) is 11.2. The number of methoxy groups -OCH3 is 1. The summed E-state index contributed by atoms with van der Waals surface area (Å²) in [7, 11) is 1.44. The molecule has 4 nitrogen and oxygen atoms in total. The summed E-state index contributed by atoms with van der Waals surface area (Å²) in [6.07, 6.45) is 3.51. The summed E-state index contributed by atoms with van der Waals surface area (Å²) in [5, 5.41) is 0. The lowest BCUT2D eigenvalue weighted by atomic mass is 10.1. The molecule has 0 N–H and O–H groups in total. The molecule has 0 spiro atoms. The molecule has 0 saturated carbocycles. The van der Waals surface area contributed by atoms with E-state index in [-0.39, 0.29) is 18.3 Å². The van der Waals surface area contributed by atoms with Gasteiger partial charge in [0.2, 0.25) is 5.75 Å². The Morgan fingerprint density at radius 2 is 1.91 bits per heavy atom. The van der Waals surface area contributed by atoms with Crippen LogP contribution >= 0.6 is 0 Å². The third kappa shape index (κ3) is 5.23. The van der Waals surface area contributed by atoms with Crippen LogP contribution in [0.1, 0.15) is 5.56 Å². The predicted octanol–water partition coefficient (Wildman–Crippen LogP) is 3.51. The van der Waals surface area contributed by atoms with E-state index in [4.69, 9.17) is 14.2 Å². The van der Waals surface area contributed by atoms with Crippen LogP contribution in [0.5, 0.6) is 11.5 Å². The standard InChI is InChI=1S/C18H17FO4/c1-21-13-22-16-11-6-10-15(19)18(16)23-17(20)12-5-9-14-7-3-2-4-8-14/h2-8,10-12H,9,13H2,1H3. The number of ether oxygens (including phenoxy) is 3. The highest BCUT2D eigenvalue weighted by molar-refractivity contribution is 5.84. The third-order valence-electron chi connectivity index (χ3n) is 2.92. The Morgan fingerprint density at radius 3 is 2.65 bits per heavy atom. The fourth-order valence-corrected chi connectivity index (χ4v) is 1.86. The van der Waals surface area contributed by atoms with Gasteiger partial charge in [0.25, 0.3) is 0 Å². The zero-order valence-corrected chi connectivity index (χ0v) is 12.7. The largest absolute Gasteiger partial charge is 0.464 e. The zero-order chi connectivity index (χ0) is 16.5. The van der Waals surface area contributed by atoms with Crippen molar-refractivity contribution >= 4 is 5.97 Å². The van der Waals surface area contributed by atoms with Crippen LogP contribution in [0.4, 0.5) is 4.39 Å². The molecule has 5 heteroatoms. The molecule has 0 radical (unpaired) electrons. The van der Waals surface area contributed by atoms with Gasteiger partial charge in [-0.25, -0.2) is 9.18 Å². The van der Waals surface area contributed by atoms with Crippen molar-refractivity contribution in [3.8, 4) is 11.5 Å². The molecule has 0 fully saturated rings. The second-order valence-electron chi connectivity index (χ2n) is 4.63. The summed E-state index contributed by atoms with van der Waals surface area (Å²) in [6.45, 7) is -0.0716. The second kappa shape index (κ2) is 8.70. The van der Waals surface area contributed by atoms with Gasteiger partial charge in [0, 0.05) is 13.2 Å². The lowest BCUT2D eigenvalue weighted by Gasteiger charge is -2.10. The molecule has 120 valence electrons. The van der Waals surface area contributed by atoms with Gasteiger partial charge in [-0.3, -0.25) is 0 Å². The van der Waals surface area contributed by atoms with Gasteiger partial charge < -0.3 is 14.2 Å². The van der Waals surface area contributed by atoms with Gasteiger partial charge in [-0.15, -0.1) is 0 Å². The molecule has 0 amide bonds. The van der Waals surface area contributed by atoms with Crippen LogP contribution in [-0.2, 0) is 16.0 Å². The first-order valence-corrected chi connectivity index (χ1v) is 7.03. The van der Waals surface area contributed by atoms with Crippen LogP contribution in [-0.4, -0.2) is 19.9 Å².